The van der Waals surface area contributed by atoms with Crippen molar-refractivity contribution in [2.24, 2.45) is 0 Å². The molecule has 114 valence electrons. The van der Waals surface area contributed by atoms with Crippen LogP contribution in [0.3, 0.4) is 0 Å². The second-order valence-electron chi connectivity index (χ2n) is 5.07. The molecule has 0 saturated carbocycles. The molecule has 0 aliphatic heterocycles. The van der Waals surface area contributed by atoms with Gasteiger partial charge in [0.2, 0.25) is 11.8 Å². The van der Waals surface area contributed by atoms with Gasteiger partial charge in [0.15, 0.2) is 0 Å². The number of benzene rings is 2. The van der Waals surface area contributed by atoms with Crippen molar-refractivity contribution in [3.05, 3.63) is 60.2 Å². The Morgan fingerprint density at radius 3 is 2.41 bits per heavy atom. The van der Waals surface area contributed by atoms with Crippen LogP contribution in [0.2, 0.25) is 0 Å². The standard InChI is InChI=1S/C18H20N2O2/c1-3-20(16-11-7-8-14(2)12-16)18(22)13-17(21)19-15-9-5-4-6-10-15/h4-12H,3,13H2,1-2H3,(H,19,21). The third-order valence-electron chi connectivity index (χ3n) is 3.30. The van der Waals surface area contributed by atoms with Crippen LogP contribution in [-0.4, -0.2) is 18.4 Å². The van der Waals surface area contributed by atoms with Gasteiger partial charge in [0.25, 0.3) is 0 Å². The molecule has 22 heavy (non-hydrogen) atoms. The van der Waals surface area contributed by atoms with Gasteiger partial charge in [0.05, 0.1) is 0 Å². The van der Waals surface area contributed by atoms with Crippen LogP contribution in [0.5, 0.6) is 0 Å². The minimum absolute atomic E-state index is 0.170. The molecule has 0 aliphatic rings. The molecule has 2 amide bonds. The minimum Gasteiger partial charge on any atom is -0.326 e. The Bertz CT molecular complexity index is 653. The first-order valence-electron chi connectivity index (χ1n) is 7.32. The van der Waals surface area contributed by atoms with Crippen molar-refractivity contribution in [2.45, 2.75) is 20.3 Å². The molecule has 0 saturated heterocycles. The van der Waals surface area contributed by atoms with E-state index in [1.54, 1.807) is 17.0 Å². The number of rotatable bonds is 5. The summed E-state index contributed by atoms with van der Waals surface area (Å²) in [6.07, 6.45) is -0.170. The summed E-state index contributed by atoms with van der Waals surface area (Å²) < 4.78 is 0. The third-order valence-corrected chi connectivity index (χ3v) is 3.30. The topological polar surface area (TPSA) is 49.4 Å². The largest absolute Gasteiger partial charge is 0.326 e. The second kappa shape index (κ2) is 7.41. The molecule has 2 rings (SSSR count). The van der Waals surface area contributed by atoms with Gasteiger partial charge < -0.3 is 10.2 Å². The van der Waals surface area contributed by atoms with E-state index in [2.05, 4.69) is 5.32 Å². The van der Waals surface area contributed by atoms with Gasteiger partial charge in [-0.3, -0.25) is 9.59 Å². The lowest BCUT2D eigenvalue weighted by molar-refractivity contribution is -0.125. The lowest BCUT2D eigenvalue weighted by atomic mass is 10.2. The molecule has 1 N–H and O–H groups in total. The van der Waals surface area contributed by atoms with Crippen molar-refractivity contribution in [3.63, 3.8) is 0 Å². The van der Waals surface area contributed by atoms with Crippen LogP contribution in [0.15, 0.2) is 54.6 Å². The van der Waals surface area contributed by atoms with Crippen molar-refractivity contribution in [3.8, 4) is 0 Å². The van der Waals surface area contributed by atoms with Crippen molar-refractivity contribution in [2.75, 3.05) is 16.8 Å². The zero-order valence-electron chi connectivity index (χ0n) is 12.9. The number of para-hydroxylation sites is 1. The third kappa shape index (κ3) is 4.19. The number of aryl methyl sites for hydroxylation is 1. The minimum atomic E-state index is -0.303. The highest BCUT2D eigenvalue weighted by atomic mass is 16.2. The van der Waals surface area contributed by atoms with Crippen LogP contribution < -0.4 is 10.2 Å². The molecule has 4 heteroatoms. The second-order valence-corrected chi connectivity index (χ2v) is 5.07. The molecule has 0 aromatic heterocycles. The summed E-state index contributed by atoms with van der Waals surface area (Å²) in [4.78, 5) is 26.0. The van der Waals surface area contributed by atoms with Gasteiger partial charge in [-0.2, -0.15) is 0 Å². The number of carbonyl (C=O) groups excluding carboxylic acids is 2. The summed E-state index contributed by atoms with van der Waals surface area (Å²) in [6, 6.07) is 16.8. The monoisotopic (exact) mass is 296 g/mol. The summed E-state index contributed by atoms with van der Waals surface area (Å²) in [7, 11) is 0. The molecule has 0 fully saturated rings. The summed E-state index contributed by atoms with van der Waals surface area (Å²) in [6.45, 7) is 4.40. The number of nitrogens with one attached hydrogen (secondary N) is 1. The predicted octanol–water partition coefficient (Wildman–Crippen LogP) is 3.38. The Morgan fingerprint density at radius 2 is 1.77 bits per heavy atom. The van der Waals surface area contributed by atoms with Crippen molar-refractivity contribution < 1.29 is 9.59 Å². The molecule has 0 aliphatic carbocycles. The quantitative estimate of drug-likeness (QED) is 0.860. The van der Waals surface area contributed by atoms with Crippen LogP contribution >= 0.6 is 0 Å². The number of amides is 2. The number of carbonyl (C=O) groups is 2. The fourth-order valence-corrected chi connectivity index (χ4v) is 2.26. The van der Waals surface area contributed by atoms with Gasteiger partial charge in [-0.1, -0.05) is 30.3 Å². The fraction of sp³-hybridized carbons (Fsp3) is 0.222. The maximum Gasteiger partial charge on any atom is 0.236 e. The number of hydrogen-bond donors (Lipinski definition) is 1. The van der Waals surface area contributed by atoms with Gasteiger partial charge in [0.1, 0.15) is 6.42 Å². The highest BCUT2D eigenvalue weighted by Gasteiger charge is 2.17. The zero-order chi connectivity index (χ0) is 15.9. The van der Waals surface area contributed by atoms with Crippen molar-refractivity contribution >= 4 is 23.2 Å². The Morgan fingerprint density at radius 1 is 1.05 bits per heavy atom. The average Bonchev–Trinajstić information content (AvgIpc) is 2.49. The van der Waals surface area contributed by atoms with E-state index in [0.717, 1.165) is 11.3 Å². The maximum absolute atomic E-state index is 12.4. The number of hydrogen-bond acceptors (Lipinski definition) is 2. The Labute approximate surface area is 130 Å². The van der Waals surface area contributed by atoms with Gasteiger partial charge in [-0.25, -0.2) is 0 Å². The summed E-state index contributed by atoms with van der Waals surface area (Å²) in [5.74, 6) is -0.510. The lowest BCUT2D eigenvalue weighted by Gasteiger charge is -2.21. The van der Waals surface area contributed by atoms with E-state index in [9.17, 15) is 9.59 Å². The SMILES string of the molecule is CCN(C(=O)CC(=O)Nc1ccccc1)c1cccc(C)c1. The van der Waals surface area contributed by atoms with Gasteiger partial charge in [-0.05, 0) is 43.7 Å². The molecule has 2 aromatic carbocycles. The van der Waals surface area contributed by atoms with Crippen LogP contribution in [0.1, 0.15) is 18.9 Å². The fourth-order valence-electron chi connectivity index (χ4n) is 2.26. The highest BCUT2D eigenvalue weighted by Crippen LogP contribution is 2.17. The summed E-state index contributed by atoms with van der Waals surface area (Å²) >= 11 is 0. The van der Waals surface area contributed by atoms with E-state index in [1.165, 1.54) is 0 Å². The number of anilines is 2. The van der Waals surface area contributed by atoms with Crippen LogP contribution in [0.4, 0.5) is 11.4 Å². The summed E-state index contributed by atoms with van der Waals surface area (Å²) in [5, 5.41) is 2.73. The first-order chi connectivity index (χ1) is 10.6. The van der Waals surface area contributed by atoms with Crippen LogP contribution in [0, 0.1) is 6.92 Å². The molecular formula is C18H20N2O2. The first kappa shape index (κ1) is 15.8. The van der Waals surface area contributed by atoms with E-state index >= 15 is 0 Å². The van der Waals surface area contributed by atoms with E-state index in [-0.39, 0.29) is 18.2 Å². The van der Waals surface area contributed by atoms with Gasteiger partial charge in [-0.15, -0.1) is 0 Å². The molecule has 0 spiro atoms. The number of nitrogens with zero attached hydrogens (tertiary/aromatic N) is 1. The van der Waals surface area contributed by atoms with Crippen LogP contribution in [0.25, 0.3) is 0 Å². The zero-order valence-corrected chi connectivity index (χ0v) is 12.9. The molecular weight excluding hydrogens is 276 g/mol. The lowest BCUT2D eigenvalue weighted by Crippen LogP contribution is -2.33. The smallest absolute Gasteiger partial charge is 0.236 e. The molecule has 4 nitrogen and oxygen atoms in total. The van der Waals surface area contributed by atoms with Gasteiger partial charge in [0, 0.05) is 17.9 Å². The highest BCUT2D eigenvalue weighted by molar-refractivity contribution is 6.09. The Hall–Kier alpha value is -2.62. The first-order valence-corrected chi connectivity index (χ1v) is 7.32. The maximum atomic E-state index is 12.4. The van der Waals surface area contributed by atoms with Gasteiger partial charge >= 0.3 is 0 Å². The van der Waals surface area contributed by atoms with E-state index in [4.69, 9.17) is 0 Å². The molecule has 0 bridgehead atoms. The molecule has 0 atom stereocenters. The normalized spacial score (nSPS) is 10.1. The average molecular weight is 296 g/mol. The van der Waals surface area contributed by atoms with Crippen molar-refractivity contribution in [1.82, 2.24) is 0 Å². The molecule has 2 aromatic rings. The van der Waals surface area contributed by atoms with Crippen molar-refractivity contribution in [1.29, 1.82) is 0 Å². The van der Waals surface area contributed by atoms with E-state index in [0.29, 0.717) is 12.2 Å². The Balaban J connectivity index is 2.02. The van der Waals surface area contributed by atoms with Crippen LogP contribution in [-0.2, 0) is 9.59 Å². The summed E-state index contributed by atoms with van der Waals surface area (Å²) in [5.41, 5.74) is 2.59. The molecule has 0 radical (unpaired) electrons. The van der Waals surface area contributed by atoms with E-state index < -0.39 is 0 Å². The molecule has 0 heterocycles. The van der Waals surface area contributed by atoms with E-state index in [1.807, 2.05) is 56.3 Å². The Kier molecular flexibility index (Phi) is 5.31. The predicted molar refractivity (Wildman–Crippen MR) is 88.9 cm³/mol. The molecule has 0 unspecified atom stereocenters.